The van der Waals surface area contributed by atoms with Crippen molar-refractivity contribution in [1.29, 1.82) is 0 Å². The molecule has 2 aromatic carbocycles. The molecule has 0 saturated heterocycles. The van der Waals surface area contributed by atoms with Crippen molar-refractivity contribution < 1.29 is 9.53 Å². The van der Waals surface area contributed by atoms with Gasteiger partial charge in [0.2, 0.25) is 0 Å². The summed E-state index contributed by atoms with van der Waals surface area (Å²) >= 11 is 2.18. The zero-order valence-corrected chi connectivity index (χ0v) is 14.0. The molecule has 0 spiro atoms. The Bertz CT molecular complexity index is 658. The molecule has 0 aromatic heterocycles. The maximum Gasteiger partial charge on any atom is 0.265 e. The topological polar surface area (TPSA) is 64.3 Å². The number of nitrogen functional groups attached to an aromatic ring is 1. The van der Waals surface area contributed by atoms with E-state index < -0.39 is 6.10 Å². The van der Waals surface area contributed by atoms with Crippen LogP contribution in [0.2, 0.25) is 0 Å². The normalized spacial score (nSPS) is 11.8. The van der Waals surface area contributed by atoms with E-state index in [0.29, 0.717) is 17.1 Å². The first kappa shape index (κ1) is 15.6. The number of benzene rings is 2. The van der Waals surface area contributed by atoms with Gasteiger partial charge in [-0.3, -0.25) is 4.79 Å². The van der Waals surface area contributed by atoms with Gasteiger partial charge in [-0.15, -0.1) is 0 Å². The van der Waals surface area contributed by atoms with E-state index >= 15 is 0 Å². The SMILES string of the molecule is Cc1c(N)cccc1NC(=O)C(C)Oc1ccccc1I. The van der Waals surface area contributed by atoms with Crippen molar-refractivity contribution in [2.24, 2.45) is 0 Å². The number of halogens is 1. The number of carbonyl (C=O) groups excluding carboxylic acids is 1. The fourth-order valence-corrected chi connectivity index (χ4v) is 2.32. The zero-order chi connectivity index (χ0) is 15.4. The molecule has 1 unspecified atom stereocenters. The van der Waals surface area contributed by atoms with Crippen LogP contribution in [0.3, 0.4) is 0 Å². The van der Waals surface area contributed by atoms with Crippen LogP contribution in [0.1, 0.15) is 12.5 Å². The van der Waals surface area contributed by atoms with Gasteiger partial charge in [0.1, 0.15) is 5.75 Å². The summed E-state index contributed by atoms with van der Waals surface area (Å²) in [5.74, 6) is 0.494. The van der Waals surface area contributed by atoms with Crippen LogP contribution in [-0.2, 0) is 4.79 Å². The summed E-state index contributed by atoms with van der Waals surface area (Å²) < 4.78 is 6.67. The molecular weight excluding hydrogens is 379 g/mol. The first-order valence-electron chi connectivity index (χ1n) is 6.56. The molecule has 0 saturated carbocycles. The Kier molecular flexibility index (Phi) is 5.06. The number of para-hydroxylation sites is 1. The van der Waals surface area contributed by atoms with Crippen molar-refractivity contribution in [2.45, 2.75) is 20.0 Å². The molecule has 21 heavy (non-hydrogen) atoms. The van der Waals surface area contributed by atoms with Gasteiger partial charge in [-0.25, -0.2) is 0 Å². The predicted octanol–water partition coefficient (Wildman–Crippen LogP) is 3.59. The number of hydrogen-bond donors (Lipinski definition) is 2. The highest BCUT2D eigenvalue weighted by atomic mass is 127. The van der Waals surface area contributed by atoms with E-state index in [1.54, 1.807) is 13.0 Å². The van der Waals surface area contributed by atoms with Crippen LogP contribution in [0.15, 0.2) is 42.5 Å². The molecule has 0 heterocycles. The lowest BCUT2D eigenvalue weighted by atomic mass is 10.1. The Morgan fingerprint density at radius 2 is 1.95 bits per heavy atom. The maximum atomic E-state index is 12.2. The minimum atomic E-state index is -0.596. The Hall–Kier alpha value is -1.76. The second-order valence-electron chi connectivity index (χ2n) is 4.70. The quantitative estimate of drug-likeness (QED) is 0.614. The third-order valence-electron chi connectivity index (χ3n) is 3.14. The van der Waals surface area contributed by atoms with E-state index in [2.05, 4.69) is 27.9 Å². The number of amides is 1. The van der Waals surface area contributed by atoms with Gasteiger partial charge in [0.25, 0.3) is 5.91 Å². The van der Waals surface area contributed by atoms with Crippen LogP contribution < -0.4 is 15.8 Å². The molecule has 0 aliphatic rings. The highest BCUT2D eigenvalue weighted by Crippen LogP contribution is 2.23. The van der Waals surface area contributed by atoms with E-state index in [1.165, 1.54) is 0 Å². The average Bonchev–Trinajstić information content (AvgIpc) is 2.46. The van der Waals surface area contributed by atoms with Crippen molar-refractivity contribution in [1.82, 2.24) is 0 Å². The average molecular weight is 396 g/mol. The van der Waals surface area contributed by atoms with Gasteiger partial charge in [-0.1, -0.05) is 18.2 Å². The molecule has 110 valence electrons. The standard InChI is InChI=1S/C16H17IN2O2/c1-10-13(18)7-5-8-14(10)19-16(20)11(2)21-15-9-4-3-6-12(15)17/h3-9,11H,18H2,1-2H3,(H,19,20). The molecule has 3 N–H and O–H groups in total. The minimum absolute atomic E-state index is 0.205. The van der Waals surface area contributed by atoms with Crippen LogP contribution >= 0.6 is 22.6 Å². The van der Waals surface area contributed by atoms with E-state index in [0.717, 1.165) is 9.13 Å². The van der Waals surface area contributed by atoms with Gasteiger partial charge in [0, 0.05) is 11.4 Å². The van der Waals surface area contributed by atoms with Gasteiger partial charge in [-0.2, -0.15) is 0 Å². The molecule has 0 radical (unpaired) electrons. The highest BCUT2D eigenvalue weighted by Gasteiger charge is 2.17. The lowest BCUT2D eigenvalue weighted by Gasteiger charge is -2.17. The Balaban J connectivity index is 2.06. The van der Waals surface area contributed by atoms with E-state index in [1.807, 2.05) is 43.3 Å². The smallest absolute Gasteiger partial charge is 0.265 e. The van der Waals surface area contributed by atoms with Gasteiger partial charge >= 0.3 is 0 Å². The molecule has 1 amide bonds. The maximum absolute atomic E-state index is 12.2. The monoisotopic (exact) mass is 396 g/mol. The minimum Gasteiger partial charge on any atom is -0.480 e. The van der Waals surface area contributed by atoms with Crippen LogP contribution in [-0.4, -0.2) is 12.0 Å². The second-order valence-corrected chi connectivity index (χ2v) is 5.86. The Labute approximate surface area is 137 Å². The first-order valence-corrected chi connectivity index (χ1v) is 7.64. The van der Waals surface area contributed by atoms with Gasteiger partial charge in [0.05, 0.1) is 3.57 Å². The molecule has 4 nitrogen and oxygen atoms in total. The first-order chi connectivity index (χ1) is 9.99. The molecule has 0 aliphatic carbocycles. The number of carbonyl (C=O) groups is 1. The van der Waals surface area contributed by atoms with Crippen LogP contribution in [0, 0.1) is 10.5 Å². The van der Waals surface area contributed by atoms with Crippen molar-refractivity contribution in [3.8, 4) is 5.75 Å². The van der Waals surface area contributed by atoms with Crippen LogP contribution in [0.25, 0.3) is 0 Å². The summed E-state index contributed by atoms with van der Waals surface area (Å²) in [5, 5.41) is 2.84. The van der Waals surface area contributed by atoms with E-state index in [9.17, 15) is 4.79 Å². The zero-order valence-electron chi connectivity index (χ0n) is 11.9. The number of rotatable bonds is 4. The molecule has 1 atom stereocenters. The predicted molar refractivity (Wildman–Crippen MR) is 93.5 cm³/mol. The third kappa shape index (κ3) is 3.87. The molecule has 5 heteroatoms. The van der Waals surface area contributed by atoms with Crippen molar-refractivity contribution in [3.63, 3.8) is 0 Å². The second kappa shape index (κ2) is 6.80. The summed E-state index contributed by atoms with van der Waals surface area (Å²) in [6.07, 6.45) is -0.596. The highest BCUT2D eigenvalue weighted by molar-refractivity contribution is 14.1. The molecule has 0 fully saturated rings. The van der Waals surface area contributed by atoms with E-state index in [-0.39, 0.29) is 5.91 Å². The number of nitrogens with one attached hydrogen (secondary N) is 1. The third-order valence-corrected chi connectivity index (χ3v) is 4.03. The lowest BCUT2D eigenvalue weighted by molar-refractivity contribution is -0.122. The fourth-order valence-electron chi connectivity index (χ4n) is 1.81. The van der Waals surface area contributed by atoms with Crippen molar-refractivity contribution in [3.05, 3.63) is 51.6 Å². The van der Waals surface area contributed by atoms with E-state index in [4.69, 9.17) is 10.5 Å². The molecule has 0 bridgehead atoms. The van der Waals surface area contributed by atoms with Crippen LogP contribution in [0.4, 0.5) is 11.4 Å². The van der Waals surface area contributed by atoms with Crippen LogP contribution in [0.5, 0.6) is 5.75 Å². The van der Waals surface area contributed by atoms with Crippen molar-refractivity contribution in [2.75, 3.05) is 11.1 Å². The number of anilines is 2. The fraction of sp³-hybridized carbons (Fsp3) is 0.188. The molecular formula is C16H17IN2O2. The van der Waals surface area contributed by atoms with Crippen molar-refractivity contribution >= 4 is 39.9 Å². The summed E-state index contributed by atoms with van der Waals surface area (Å²) in [6, 6.07) is 13.0. The van der Waals surface area contributed by atoms with Gasteiger partial charge in [0.15, 0.2) is 6.10 Å². The molecule has 2 aromatic rings. The number of nitrogens with two attached hydrogens (primary N) is 1. The lowest BCUT2D eigenvalue weighted by Crippen LogP contribution is -2.30. The summed E-state index contributed by atoms with van der Waals surface area (Å²) in [4.78, 5) is 12.2. The summed E-state index contributed by atoms with van der Waals surface area (Å²) in [7, 11) is 0. The largest absolute Gasteiger partial charge is 0.480 e. The van der Waals surface area contributed by atoms with Gasteiger partial charge < -0.3 is 15.8 Å². The summed E-state index contributed by atoms with van der Waals surface area (Å²) in [5.41, 5.74) is 8.04. The molecule has 0 aliphatic heterocycles. The number of hydrogen-bond acceptors (Lipinski definition) is 3. The summed E-state index contributed by atoms with van der Waals surface area (Å²) in [6.45, 7) is 3.59. The Morgan fingerprint density at radius 3 is 2.67 bits per heavy atom. The number of ether oxygens (including phenoxy) is 1. The molecule has 2 rings (SSSR count). The van der Waals surface area contributed by atoms with Gasteiger partial charge in [-0.05, 0) is 66.3 Å². The Morgan fingerprint density at radius 1 is 1.24 bits per heavy atom.